The smallest absolute Gasteiger partial charge is 0.220 e. The molecule has 2 saturated carbocycles. The monoisotopic (exact) mass is 854 g/mol. The molecule has 0 aromatic carbocycles. The summed E-state index contributed by atoms with van der Waals surface area (Å²) in [6.45, 7) is 0. The van der Waals surface area contributed by atoms with E-state index in [9.17, 15) is 9.59 Å². The fourth-order valence-corrected chi connectivity index (χ4v) is 11.0. The van der Waals surface area contributed by atoms with Crippen LogP contribution in [-0.2, 0) is 35.3 Å². The Morgan fingerprint density at radius 1 is 0.691 bits per heavy atom. The summed E-state index contributed by atoms with van der Waals surface area (Å²) in [7, 11) is 8.64. The maximum absolute atomic E-state index is 11.7. The van der Waals surface area contributed by atoms with Crippen LogP contribution in [0.1, 0.15) is 85.1 Å². The second-order valence-electron chi connectivity index (χ2n) is 15.6. The molecule has 4 aliphatic carbocycles. The number of amides is 2. The average molecular weight is 856 g/mol. The van der Waals surface area contributed by atoms with E-state index in [1.165, 1.54) is 60.2 Å². The minimum Gasteiger partial charge on any atom is -0.369 e. The molecule has 2 fully saturated rings. The Balaban J connectivity index is 0.000000200. The minimum atomic E-state index is -0.233. The predicted molar refractivity (Wildman–Crippen MR) is 231 cm³/mol. The molecular formula is C38H57Cl3N10O2S2. The Kier molecular flexibility index (Phi) is 16.7. The quantitative estimate of drug-likeness (QED) is 0.164. The molecule has 4 aromatic rings. The molecule has 7 N–H and O–H groups in total. The van der Waals surface area contributed by atoms with Gasteiger partial charge in [0.1, 0.15) is 33.3 Å². The molecule has 4 aromatic heterocycles. The standard InChI is InChI=1S/C19H27N5OS.C11H10ClN3OS.C8H18N2.2ClH/c1-24(2)13-6-4-12(5-7-13)23-18-16-14-9-11(17(20)25)3-8-15(14)26-19(16)22-10-21-18;12-9-8-6-3-5(10(13)16)1-2-7(6)17-11(8)15-4-14-9;1-10(2)8-5-3-7(9)4-6-8;;/h10-13H,3-9H2,1-2H3,(H2,20,25)(H,21,22,23);4-5H,1-3H2,(H2,13,16);7-8H,3-6,9H2,1-2H3;2*1H/t11-,12?,13?;5-;;;/m00.../s1. The second kappa shape index (κ2) is 20.3. The van der Waals surface area contributed by atoms with Gasteiger partial charge in [-0.1, -0.05) is 11.6 Å². The van der Waals surface area contributed by atoms with Gasteiger partial charge in [-0.15, -0.1) is 47.5 Å². The summed E-state index contributed by atoms with van der Waals surface area (Å²) in [5.74, 6) is 0.359. The van der Waals surface area contributed by atoms with E-state index in [0.29, 0.717) is 29.7 Å². The molecular weight excluding hydrogens is 799 g/mol. The number of aromatic nitrogens is 4. The summed E-state index contributed by atoms with van der Waals surface area (Å²) in [4.78, 5) is 49.4. The van der Waals surface area contributed by atoms with Crippen LogP contribution in [0.5, 0.6) is 0 Å². The number of fused-ring (bicyclic) bond motifs is 6. The number of halogens is 3. The van der Waals surface area contributed by atoms with Gasteiger partial charge in [0.15, 0.2) is 0 Å². The molecule has 8 rings (SSSR count). The van der Waals surface area contributed by atoms with Crippen LogP contribution in [0.2, 0.25) is 5.15 Å². The predicted octanol–water partition coefficient (Wildman–Crippen LogP) is 6.16. The van der Waals surface area contributed by atoms with Crippen molar-refractivity contribution in [2.75, 3.05) is 33.5 Å². The number of hydrogen-bond donors (Lipinski definition) is 4. The Bertz CT molecular complexity index is 1890. The molecule has 0 saturated heterocycles. The number of nitrogens with two attached hydrogens (primary N) is 3. The van der Waals surface area contributed by atoms with Crippen LogP contribution in [0.25, 0.3) is 20.4 Å². The van der Waals surface area contributed by atoms with Crippen LogP contribution in [-0.4, -0.2) is 93.9 Å². The fraction of sp³-hybridized carbons (Fsp3) is 0.632. The van der Waals surface area contributed by atoms with Crippen molar-refractivity contribution in [3.8, 4) is 0 Å². The lowest BCUT2D eigenvalue weighted by Gasteiger charge is -2.33. The zero-order chi connectivity index (χ0) is 37.8. The van der Waals surface area contributed by atoms with E-state index in [-0.39, 0.29) is 48.5 Å². The lowest BCUT2D eigenvalue weighted by atomic mass is 9.86. The number of nitrogens with one attached hydrogen (secondary N) is 1. The van der Waals surface area contributed by atoms with Crippen molar-refractivity contribution in [2.24, 2.45) is 29.0 Å². The number of hydrogen-bond acceptors (Lipinski definition) is 12. The zero-order valence-corrected chi connectivity index (χ0v) is 36.3. The third-order valence-electron chi connectivity index (χ3n) is 11.7. The van der Waals surface area contributed by atoms with Crippen LogP contribution < -0.4 is 22.5 Å². The van der Waals surface area contributed by atoms with Gasteiger partial charge in [-0.3, -0.25) is 9.59 Å². The number of carbonyl (C=O) groups excluding carboxylic acids is 2. The molecule has 0 spiro atoms. The molecule has 55 heavy (non-hydrogen) atoms. The molecule has 4 aliphatic rings. The maximum Gasteiger partial charge on any atom is 0.220 e. The highest BCUT2D eigenvalue weighted by atomic mass is 35.5. The normalized spacial score (nSPS) is 24.6. The Labute approximate surface area is 350 Å². The van der Waals surface area contributed by atoms with Gasteiger partial charge in [0.2, 0.25) is 11.8 Å². The van der Waals surface area contributed by atoms with Crippen molar-refractivity contribution < 1.29 is 9.59 Å². The maximum atomic E-state index is 11.7. The van der Waals surface area contributed by atoms with Crippen LogP contribution in [0, 0.1) is 11.8 Å². The van der Waals surface area contributed by atoms with Gasteiger partial charge in [0.25, 0.3) is 0 Å². The summed E-state index contributed by atoms with van der Waals surface area (Å²) in [6, 6.07) is 2.41. The van der Waals surface area contributed by atoms with E-state index in [4.69, 9.17) is 28.8 Å². The summed E-state index contributed by atoms with van der Waals surface area (Å²) in [6.07, 6.45) is 17.7. The molecule has 4 heterocycles. The van der Waals surface area contributed by atoms with Gasteiger partial charge in [-0.05, 0) is 129 Å². The number of primary amides is 2. The molecule has 0 radical (unpaired) electrons. The summed E-state index contributed by atoms with van der Waals surface area (Å²) < 4.78 is 0. The van der Waals surface area contributed by atoms with Gasteiger partial charge in [-0.2, -0.15) is 0 Å². The summed E-state index contributed by atoms with van der Waals surface area (Å²) >= 11 is 9.49. The lowest BCUT2D eigenvalue weighted by Crippen LogP contribution is -2.36. The van der Waals surface area contributed by atoms with E-state index in [0.717, 1.165) is 82.8 Å². The molecule has 17 heteroatoms. The van der Waals surface area contributed by atoms with Crippen molar-refractivity contribution >= 4 is 97.2 Å². The molecule has 0 aliphatic heterocycles. The molecule has 2 amide bonds. The Hall–Kier alpha value is -2.43. The van der Waals surface area contributed by atoms with Crippen molar-refractivity contribution in [1.29, 1.82) is 0 Å². The van der Waals surface area contributed by atoms with Gasteiger partial charge >= 0.3 is 0 Å². The number of carbonyl (C=O) groups is 2. The van der Waals surface area contributed by atoms with Gasteiger partial charge < -0.3 is 32.3 Å². The zero-order valence-electron chi connectivity index (χ0n) is 32.3. The minimum absolute atomic E-state index is 0. The Morgan fingerprint density at radius 2 is 1.15 bits per heavy atom. The fourth-order valence-electron chi connectivity index (χ4n) is 8.32. The van der Waals surface area contributed by atoms with Crippen LogP contribution in [0.3, 0.4) is 0 Å². The van der Waals surface area contributed by atoms with E-state index >= 15 is 0 Å². The third kappa shape index (κ3) is 11.0. The SMILES string of the molecule is CN(C)C1CCC(N)CC1.CN(C)C1CCC(Nc2ncnc3sc4c(c23)C[C@@H](C(N)=O)CC4)CC1.Cl.Cl.NC(=O)[C@H]1CCc2sc3ncnc(Cl)c3c2C1. The van der Waals surface area contributed by atoms with Crippen molar-refractivity contribution in [3.63, 3.8) is 0 Å². The topological polar surface area (TPSA) is 182 Å². The Morgan fingerprint density at radius 3 is 1.64 bits per heavy atom. The number of nitrogens with zero attached hydrogens (tertiary/aromatic N) is 6. The molecule has 304 valence electrons. The van der Waals surface area contributed by atoms with Gasteiger partial charge in [0, 0.05) is 45.8 Å². The first-order valence-electron chi connectivity index (χ1n) is 19.0. The summed E-state index contributed by atoms with van der Waals surface area (Å²) in [5.41, 5.74) is 19.1. The van der Waals surface area contributed by atoms with Gasteiger partial charge in [-0.25, -0.2) is 19.9 Å². The molecule has 0 unspecified atom stereocenters. The average Bonchev–Trinajstić information content (AvgIpc) is 3.71. The number of aryl methyl sites for hydroxylation is 2. The van der Waals surface area contributed by atoms with Crippen molar-refractivity contribution in [3.05, 3.63) is 38.7 Å². The van der Waals surface area contributed by atoms with Crippen molar-refractivity contribution in [1.82, 2.24) is 29.7 Å². The highest BCUT2D eigenvalue weighted by Gasteiger charge is 2.30. The first-order valence-corrected chi connectivity index (χ1v) is 21.0. The number of anilines is 1. The molecule has 2 atom stereocenters. The second-order valence-corrected chi connectivity index (χ2v) is 18.1. The first kappa shape index (κ1) is 45.3. The van der Waals surface area contributed by atoms with Gasteiger partial charge in [0.05, 0.1) is 10.8 Å². The number of thiophene rings is 2. The highest BCUT2D eigenvalue weighted by Crippen LogP contribution is 2.41. The van der Waals surface area contributed by atoms with E-state index in [1.807, 2.05) is 0 Å². The van der Waals surface area contributed by atoms with Crippen LogP contribution >= 0.6 is 59.1 Å². The summed E-state index contributed by atoms with van der Waals surface area (Å²) in [5, 5.41) is 6.18. The number of rotatable bonds is 6. The van der Waals surface area contributed by atoms with Crippen molar-refractivity contribution in [2.45, 2.75) is 114 Å². The largest absolute Gasteiger partial charge is 0.369 e. The van der Waals surface area contributed by atoms with E-state index in [2.05, 4.69) is 63.2 Å². The first-order chi connectivity index (χ1) is 25.4. The van der Waals surface area contributed by atoms with E-state index in [1.54, 1.807) is 29.0 Å². The lowest BCUT2D eigenvalue weighted by molar-refractivity contribution is -0.122. The molecule has 0 bridgehead atoms. The van der Waals surface area contributed by atoms with Crippen LogP contribution in [0.15, 0.2) is 12.7 Å². The molecule has 12 nitrogen and oxygen atoms in total. The van der Waals surface area contributed by atoms with Crippen LogP contribution in [0.4, 0.5) is 5.82 Å². The van der Waals surface area contributed by atoms with E-state index < -0.39 is 0 Å². The highest BCUT2D eigenvalue weighted by molar-refractivity contribution is 7.19. The third-order valence-corrected chi connectivity index (χ3v) is 14.4.